The molecule has 1 rings (SSSR count). The van der Waals surface area contributed by atoms with Gasteiger partial charge in [-0.3, -0.25) is 0 Å². The second-order valence-electron chi connectivity index (χ2n) is 4.01. The van der Waals surface area contributed by atoms with E-state index in [1.807, 2.05) is 13.8 Å². The lowest BCUT2D eigenvalue weighted by molar-refractivity contribution is -0.792. The highest BCUT2D eigenvalue weighted by Gasteiger charge is 2.51. The van der Waals surface area contributed by atoms with E-state index in [9.17, 15) is 14.7 Å². The first-order valence-electron chi connectivity index (χ1n) is 5.20. The molecular formula is C10H18NO3+. The summed E-state index contributed by atoms with van der Waals surface area (Å²) >= 11 is 0. The molecule has 0 radical (unpaired) electrons. The summed E-state index contributed by atoms with van der Waals surface area (Å²) in [5.41, 5.74) is 0. The number of imide groups is 1. The van der Waals surface area contributed by atoms with Crippen molar-refractivity contribution in [1.82, 2.24) is 0 Å². The van der Waals surface area contributed by atoms with Crippen LogP contribution in [0.1, 0.15) is 39.5 Å². The van der Waals surface area contributed by atoms with Crippen molar-refractivity contribution in [2.75, 3.05) is 6.54 Å². The highest BCUT2D eigenvalue weighted by molar-refractivity contribution is 5.80. The van der Waals surface area contributed by atoms with Gasteiger partial charge in [-0.15, -0.1) is 0 Å². The second kappa shape index (κ2) is 4.09. The Morgan fingerprint density at radius 1 is 1.50 bits per heavy atom. The smallest absolute Gasteiger partial charge is 0.435 e. The number of nitrogens with zero attached hydrogens (tertiary/aromatic N) is 1. The maximum atomic E-state index is 11.8. The van der Waals surface area contributed by atoms with Crippen molar-refractivity contribution in [3.8, 4) is 0 Å². The van der Waals surface area contributed by atoms with E-state index in [2.05, 4.69) is 0 Å². The Labute approximate surface area is 84.1 Å². The van der Waals surface area contributed by atoms with E-state index >= 15 is 0 Å². The molecule has 1 aliphatic rings. The zero-order valence-electron chi connectivity index (χ0n) is 8.82. The fraction of sp³-hybridized carbons (Fsp3) is 0.800. The molecule has 4 heteroatoms. The van der Waals surface area contributed by atoms with Crippen LogP contribution in [0.3, 0.4) is 0 Å². The summed E-state index contributed by atoms with van der Waals surface area (Å²) in [5.74, 6) is -0.134. The first-order chi connectivity index (χ1) is 6.55. The maximum absolute atomic E-state index is 11.8. The summed E-state index contributed by atoms with van der Waals surface area (Å²) in [6.45, 7) is 4.22. The summed E-state index contributed by atoms with van der Waals surface area (Å²) in [7, 11) is 0. The molecule has 1 N–H and O–H groups in total. The molecule has 0 aliphatic carbocycles. The summed E-state index contributed by atoms with van der Waals surface area (Å²) in [6.07, 6.45) is 1.79. The summed E-state index contributed by atoms with van der Waals surface area (Å²) in [5, 5.41) is 9.18. The van der Waals surface area contributed by atoms with Gasteiger partial charge in [-0.05, 0) is 13.3 Å². The average Bonchev–Trinajstić information content (AvgIpc) is 2.48. The number of likely N-dealkylation sites (tertiary alicyclic amines) is 1. The molecule has 1 heterocycles. The van der Waals surface area contributed by atoms with E-state index in [-0.39, 0.29) is 16.4 Å². The van der Waals surface area contributed by atoms with Crippen molar-refractivity contribution in [3.05, 3.63) is 0 Å². The van der Waals surface area contributed by atoms with Crippen LogP contribution in [0.4, 0.5) is 4.79 Å². The van der Waals surface area contributed by atoms with Crippen LogP contribution in [0.5, 0.6) is 0 Å². The third kappa shape index (κ3) is 1.54. The van der Waals surface area contributed by atoms with E-state index in [4.69, 9.17) is 0 Å². The molecule has 2 amide bonds. The van der Waals surface area contributed by atoms with Gasteiger partial charge < -0.3 is 5.11 Å². The van der Waals surface area contributed by atoms with Crippen molar-refractivity contribution in [3.63, 3.8) is 0 Å². The molecule has 1 fully saturated rings. The van der Waals surface area contributed by atoms with Gasteiger partial charge in [0.05, 0.1) is 13.0 Å². The normalized spacial score (nSPS) is 31.7. The second-order valence-corrected chi connectivity index (χ2v) is 4.01. The minimum atomic E-state index is -0.978. The molecule has 0 aromatic carbocycles. The quantitative estimate of drug-likeness (QED) is 0.693. The molecule has 0 spiro atoms. The largest absolute Gasteiger partial charge is 0.521 e. The number of carbonyl (C=O) groups is 2. The standard InChI is InChI=1S/C10H17NO3/c1-3-5-9(12)11(10(13)14)7-4-6-8(11)2/h8H,3-7H2,1-2H3/p+1/t8-,11?/m1/s1. The summed E-state index contributed by atoms with van der Waals surface area (Å²) < 4.78 is -0.339. The number of rotatable bonds is 2. The SMILES string of the molecule is CCCC(=O)[N+]1(C(=O)O)CCC[C@H]1C. The fourth-order valence-electron chi connectivity index (χ4n) is 2.25. The first kappa shape index (κ1) is 11.2. The summed E-state index contributed by atoms with van der Waals surface area (Å²) in [4.78, 5) is 23.0. The Balaban J connectivity index is 2.92. The van der Waals surface area contributed by atoms with E-state index in [0.29, 0.717) is 13.0 Å². The molecular weight excluding hydrogens is 182 g/mol. The van der Waals surface area contributed by atoms with Crippen LogP contribution < -0.4 is 0 Å². The Morgan fingerprint density at radius 3 is 2.50 bits per heavy atom. The van der Waals surface area contributed by atoms with Crippen LogP contribution >= 0.6 is 0 Å². The third-order valence-electron chi connectivity index (χ3n) is 3.14. The average molecular weight is 200 g/mol. The molecule has 0 aromatic rings. The lowest BCUT2D eigenvalue weighted by atomic mass is 10.2. The zero-order chi connectivity index (χ0) is 10.8. The minimum Gasteiger partial charge on any atom is -0.435 e. The van der Waals surface area contributed by atoms with Crippen LogP contribution in [0.2, 0.25) is 0 Å². The zero-order valence-corrected chi connectivity index (χ0v) is 8.82. The molecule has 2 atom stereocenters. The van der Waals surface area contributed by atoms with Crippen LogP contribution in [-0.2, 0) is 4.79 Å². The van der Waals surface area contributed by atoms with Crippen LogP contribution in [-0.4, -0.2) is 34.2 Å². The van der Waals surface area contributed by atoms with Gasteiger partial charge in [0.15, 0.2) is 0 Å². The molecule has 0 saturated carbocycles. The lowest BCUT2D eigenvalue weighted by Gasteiger charge is -2.29. The Kier molecular flexibility index (Phi) is 3.26. The minimum absolute atomic E-state index is 0.0634. The Morgan fingerprint density at radius 2 is 2.14 bits per heavy atom. The van der Waals surface area contributed by atoms with Gasteiger partial charge in [0.25, 0.3) is 0 Å². The van der Waals surface area contributed by atoms with E-state index < -0.39 is 6.09 Å². The number of amides is 2. The van der Waals surface area contributed by atoms with E-state index in [0.717, 1.165) is 19.3 Å². The molecule has 1 aliphatic heterocycles. The predicted octanol–water partition coefficient (Wildman–Crippen LogP) is 1.99. The highest BCUT2D eigenvalue weighted by Crippen LogP contribution is 2.28. The van der Waals surface area contributed by atoms with Crippen molar-refractivity contribution < 1.29 is 19.2 Å². The van der Waals surface area contributed by atoms with Crippen molar-refractivity contribution in [2.24, 2.45) is 0 Å². The van der Waals surface area contributed by atoms with Gasteiger partial charge in [0.1, 0.15) is 6.04 Å². The number of carbonyl (C=O) groups excluding carboxylic acids is 1. The topological polar surface area (TPSA) is 54.4 Å². The van der Waals surface area contributed by atoms with Gasteiger partial charge in [0.2, 0.25) is 0 Å². The van der Waals surface area contributed by atoms with Gasteiger partial charge in [-0.1, -0.05) is 6.92 Å². The highest BCUT2D eigenvalue weighted by atomic mass is 16.4. The van der Waals surface area contributed by atoms with E-state index in [1.54, 1.807) is 0 Å². The van der Waals surface area contributed by atoms with Crippen LogP contribution in [0.15, 0.2) is 0 Å². The molecule has 4 nitrogen and oxygen atoms in total. The fourth-order valence-corrected chi connectivity index (χ4v) is 2.25. The number of carboxylic acid groups (broad SMARTS) is 1. The van der Waals surface area contributed by atoms with Crippen LogP contribution in [0.25, 0.3) is 0 Å². The molecule has 0 bridgehead atoms. The Hall–Kier alpha value is -0.900. The van der Waals surface area contributed by atoms with Gasteiger partial charge in [0, 0.05) is 12.8 Å². The van der Waals surface area contributed by atoms with Gasteiger partial charge in [-0.2, -0.15) is 9.28 Å². The molecule has 0 aromatic heterocycles. The molecule has 14 heavy (non-hydrogen) atoms. The van der Waals surface area contributed by atoms with Crippen molar-refractivity contribution in [1.29, 1.82) is 0 Å². The number of hydrogen-bond acceptors (Lipinski definition) is 2. The van der Waals surface area contributed by atoms with E-state index in [1.165, 1.54) is 0 Å². The number of quaternary nitrogens is 1. The van der Waals surface area contributed by atoms with Gasteiger partial charge >= 0.3 is 12.0 Å². The van der Waals surface area contributed by atoms with Gasteiger partial charge in [-0.25, -0.2) is 4.79 Å². The van der Waals surface area contributed by atoms with Crippen LogP contribution in [0, 0.1) is 0 Å². The lowest BCUT2D eigenvalue weighted by Crippen LogP contribution is -2.58. The molecule has 80 valence electrons. The molecule has 1 unspecified atom stereocenters. The number of hydrogen-bond donors (Lipinski definition) is 1. The maximum Gasteiger partial charge on any atom is 0.521 e. The summed E-state index contributed by atoms with van der Waals surface area (Å²) in [6, 6.07) is -0.0634. The monoisotopic (exact) mass is 200 g/mol. The predicted molar refractivity (Wildman–Crippen MR) is 51.8 cm³/mol. The molecule has 1 saturated heterocycles. The first-order valence-corrected chi connectivity index (χ1v) is 5.20. The third-order valence-corrected chi connectivity index (χ3v) is 3.14. The Bertz CT molecular complexity index is 252. The van der Waals surface area contributed by atoms with Crippen molar-refractivity contribution >= 4 is 12.0 Å². The van der Waals surface area contributed by atoms with Crippen molar-refractivity contribution in [2.45, 2.75) is 45.6 Å².